The minimum atomic E-state index is -1.07. The second-order valence-electron chi connectivity index (χ2n) is 9.26. The van der Waals surface area contributed by atoms with E-state index in [1.165, 1.54) is 11.6 Å². The molecule has 0 saturated carbocycles. The molecule has 8 nitrogen and oxygen atoms in total. The summed E-state index contributed by atoms with van der Waals surface area (Å²) in [6.45, 7) is 6.51. The zero-order chi connectivity index (χ0) is 25.8. The fraction of sp³-hybridized carbons (Fsp3) is 0.286. The third-order valence-corrected chi connectivity index (χ3v) is 6.41. The molecule has 3 N–H and O–H groups in total. The second kappa shape index (κ2) is 10.6. The topological polar surface area (TPSA) is 112 Å². The van der Waals surface area contributed by atoms with Crippen molar-refractivity contribution in [2.24, 2.45) is 0 Å². The van der Waals surface area contributed by atoms with Gasteiger partial charge in [0.25, 0.3) is 0 Å². The summed E-state index contributed by atoms with van der Waals surface area (Å²) in [6.07, 6.45) is 1.36. The minimum absolute atomic E-state index is 0.00198. The number of hydrogen-bond donors (Lipinski definition) is 3. The van der Waals surface area contributed by atoms with E-state index in [1.807, 2.05) is 36.4 Å². The van der Waals surface area contributed by atoms with E-state index in [4.69, 9.17) is 5.11 Å². The van der Waals surface area contributed by atoms with E-state index in [2.05, 4.69) is 29.5 Å². The number of carbonyl (C=O) groups is 3. The molecule has 36 heavy (non-hydrogen) atoms. The third kappa shape index (κ3) is 5.54. The number of nitrogens with zero attached hydrogens (tertiary/aromatic N) is 2. The number of hydrogen-bond acceptors (Lipinski definition) is 4. The molecule has 186 valence electrons. The molecule has 3 amide bonds. The molecule has 0 unspecified atom stereocenters. The SMILES string of the molecule is Cc1nc(C(=O)O)ccc1-c1ccc(NC(=O)[C@H]2CCCN2C(=O)Nc2ccc(C(C)C)cc2)cc1. The van der Waals surface area contributed by atoms with Gasteiger partial charge in [0, 0.05) is 29.2 Å². The number of urea groups is 1. The summed E-state index contributed by atoms with van der Waals surface area (Å²) >= 11 is 0. The lowest BCUT2D eigenvalue weighted by molar-refractivity contribution is -0.119. The molecular formula is C28H30N4O4. The number of rotatable bonds is 6. The number of aromatic nitrogens is 1. The van der Waals surface area contributed by atoms with Crippen molar-refractivity contribution in [3.63, 3.8) is 0 Å². The van der Waals surface area contributed by atoms with Crippen molar-refractivity contribution in [3.8, 4) is 11.1 Å². The van der Waals surface area contributed by atoms with E-state index in [0.29, 0.717) is 36.0 Å². The van der Waals surface area contributed by atoms with E-state index < -0.39 is 12.0 Å². The summed E-state index contributed by atoms with van der Waals surface area (Å²) in [6, 6.07) is 17.4. The lowest BCUT2D eigenvalue weighted by Crippen LogP contribution is -2.45. The van der Waals surface area contributed by atoms with Gasteiger partial charge < -0.3 is 20.6 Å². The first kappa shape index (κ1) is 24.9. The summed E-state index contributed by atoms with van der Waals surface area (Å²) in [5.74, 6) is -0.885. The summed E-state index contributed by atoms with van der Waals surface area (Å²) in [5.41, 5.74) is 4.80. The maximum atomic E-state index is 13.0. The van der Waals surface area contributed by atoms with Crippen LogP contribution in [0.3, 0.4) is 0 Å². The molecule has 0 bridgehead atoms. The molecule has 1 aromatic heterocycles. The van der Waals surface area contributed by atoms with Gasteiger partial charge in [-0.25, -0.2) is 14.6 Å². The summed E-state index contributed by atoms with van der Waals surface area (Å²) in [7, 11) is 0. The van der Waals surface area contributed by atoms with Crippen molar-refractivity contribution in [1.29, 1.82) is 0 Å². The molecular weight excluding hydrogens is 456 g/mol. The Morgan fingerprint density at radius 3 is 2.19 bits per heavy atom. The van der Waals surface area contributed by atoms with Gasteiger partial charge in [-0.15, -0.1) is 0 Å². The Balaban J connectivity index is 1.39. The quantitative estimate of drug-likeness (QED) is 0.425. The highest BCUT2D eigenvalue weighted by Gasteiger charge is 2.34. The molecule has 1 saturated heterocycles. The first-order valence-corrected chi connectivity index (χ1v) is 12.0. The van der Waals surface area contributed by atoms with Crippen LogP contribution in [0.4, 0.5) is 16.2 Å². The Hall–Kier alpha value is -4.20. The van der Waals surface area contributed by atoms with Crippen LogP contribution in [0, 0.1) is 6.92 Å². The first-order valence-electron chi connectivity index (χ1n) is 12.0. The van der Waals surface area contributed by atoms with E-state index in [1.54, 1.807) is 30.0 Å². The van der Waals surface area contributed by atoms with Crippen molar-refractivity contribution in [3.05, 3.63) is 77.6 Å². The van der Waals surface area contributed by atoms with E-state index in [9.17, 15) is 14.4 Å². The van der Waals surface area contributed by atoms with Crippen LogP contribution >= 0.6 is 0 Å². The van der Waals surface area contributed by atoms with Crippen LogP contribution in [0.25, 0.3) is 11.1 Å². The average molecular weight is 487 g/mol. The van der Waals surface area contributed by atoms with E-state index >= 15 is 0 Å². The number of carboxylic acid groups (broad SMARTS) is 1. The molecule has 4 rings (SSSR count). The number of likely N-dealkylation sites (tertiary alicyclic amines) is 1. The lowest BCUT2D eigenvalue weighted by atomic mass is 10.0. The Bertz CT molecular complexity index is 1270. The van der Waals surface area contributed by atoms with Crippen LogP contribution in [-0.2, 0) is 4.79 Å². The number of aromatic carboxylic acids is 1. The number of amides is 3. The fourth-order valence-corrected chi connectivity index (χ4v) is 4.37. The third-order valence-electron chi connectivity index (χ3n) is 6.41. The number of pyridine rings is 1. The van der Waals surface area contributed by atoms with Crippen LogP contribution < -0.4 is 10.6 Å². The molecule has 0 aliphatic carbocycles. The first-order chi connectivity index (χ1) is 17.2. The van der Waals surface area contributed by atoms with Crippen LogP contribution in [0.5, 0.6) is 0 Å². The van der Waals surface area contributed by atoms with Gasteiger partial charge in [0.2, 0.25) is 5.91 Å². The molecule has 0 spiro atoms. The van der Waals surface area contributed by atoms with Crippen molar-refractivity contribution < 1.29 is 19.5 Å². The molecule has 0 radical (unpaired) electrons. The summed E-state index contributed by atoms with van der Waals surface area (Å²) in [5, 5.41) is 14.9. The molecule has 1 aliphatic rings. The highest BCUT2D eigenvalue weighted by Crippen LogP contribution is 2.26. The number of aryl methyl sites for hydroxylation is 1. The van der Waals surface area contributed by atoms with Crippen LogP contribution in [0.15, 0.2) is 60.7 Å². The Morgan fingerprint density at radius 2 is 1.58 bits per heavy atom. The molecule has 1 fully saturated rings. The summed E-state index contributed by atoms with van der Waals surface area (Å²) in [4.78, 5) is 42.7. The highest BCUT2D eigenvalue weighted by molar-refractivity contribution is 5.99. The van der Waals surface area contributed by atoms with Crippen LogP contribution in [0.2, 0.25) is 0 Å². The minimum Gasteiger partial charge on any atom is -0.477 e. The molecule has 1 aliphatic heterocycles. The molecule has 8 heteroatoms. The summed E-state index contributed by atoms with van der Waals surface area (Å²) < 4.78 is 0. The standard InChI is InChI=1S/C28H30N4O4/c1-17(2)19-6-10-22(11-7-19)31-28(36)32-16-4-5-25(32)26(33)30-21-12-8-20(9-13-21)23-14-15-24(27(34)35)29-18(23)3/h6-15,17,25H,4-5,16H2,1-3H3,(H,30,33)(H,31,36)(H,34,35)/t25-/m1/s1. The Labute approximate surface area is 210 Å². The molecule has 3 aromatic rings. The number of anilines is 2. The Morgan fingerprint density at radius 1 is 0.944 bits per heavy atom. The van der Waals surface area contributed by atoms with Gasteiger partial charge >= 0.3 is 12.0 Å². The van der Waals surface area contributed by atoms with Gasteiger partial charge in [0.1, 0.15) is 11.7 Å². The van der Waals surface area contributed by atoms with Crippen molar-refractivity contribution in [2.45, 2.75) is 45.6 Å². The maximum Gasteiger partial charge on any atom is 0.354 e. The fourth-order valence-electron chi connectivity index (χ4n) is 4.37. The van der Waals surface area contributed by atoms with Gasteiger partial charge in [-0.1, -0.05) is 44.2 Å². The van der Waals surface area contributed by atoms with E-state index in [-0.39, 0.29) is 17.6 Å². The van der Waals surface area contributed by atoms with E-state index in [0.717, 1.165) is 17.5 Å². The monoisotopic (exact) mass is 486 g/mol. The number of carbonyl (C=O) groups excluding carboxylic acids is 2. The largest absolute Gasteiger partial charge is 0.477 e. The van der Waals surface area contributed by atoms with Gasteiger partial charge in [0.05, 0.1) is 0 Å². The predicted octanol–water partition coefficient (Wildman–Crippen LogP) is 5.51. The maximum absolute atomic E-state index is 13.0. The molecule has 1 atom stereocenters. The number of nitrogens with one attached hydrogen (secondary N) is 2. The smallest absolute Gasteiger partial charge is 0.354 e. The zero-order valence-corrected chi connectivity index (χ0v) is 20.6. The Kier molecular flexibility index (Phi) is 7.33. The molecule has 2 aromatic carbocycles. The van der Waals surface area contributed by atoms with Crippen LogP contribution in [0.1, 0.15) is 54.4 Å². The van der Waals surface area contributed by atoms with Gasteiger partial charge in [0.15, 0.2) is 0 Å². The lowest BCUT2D eigenvalue weighted by Gasteiger charge is -2.24. The van der Waals surface area contributed by atoms with Crippen LogP contribution in [-0.4, -0.2) is 45.5 Å². The average Bonchev–Trinajstić information content (AvgIpc) is 3.35. The normalized spacial score (nSPS) is 15.1. The predicted molar refractivity (Wildman–Crippen MR) is 139 cm³/mol. The van der Waals surface area contributed by atoms with Crippen molar-refractivity contribution in [1.82, 2.24) is 9.88 Å². The highest BCUT2D eigenvalue weighted by atomic mass is 16.4. The second-order valence-corrected chi connectivity index (χ2v) is 9.26. The number of benzene rings is 2. The number of carboxylic acids is 1. The van der Waals surface area contributed by atoms with Crippen molar-refractivity contribution in [2.75, 3.05) is 17.2 Å². The molecule has 2 heterocycles. The van der Waals surface area contributed by atoms with Gasteiger partial charge in [-0.05, 0) is 67.1 Å². The zero-order valence-electron chi connectivity index (χ0n) is 20.6. The van der Waals surface area contributed by atoms with Crippen molar-refractivity contribution >= 4 is 29.3 Å². The van der Waals surface area contributed by atoms with Gasteiger partial charge in [-0.2, -0.15) is 0 Å². The van der Waals surface area contributed by atoms with Gasteiger partial charge in [-0.3, -0.25) is 4.79 Å².